The third kappa shape index (κ3) is 4.67. The van der Waals surface area contributed by atoms with Crippen LogP contribution in [0.1, 0.15) is 12.0 Å². The van der Waals surface area contributed by atoms with Crippen LogP contribution in [-0.4, -0.2) is 48.5 Å². The number of carbonyl (C=O) groups is 1. The Labute approximate surface area is 136 Å². The Hall–Kier alpha value is -0.630. The second kappa shape index (κ2) is 6.64. The molecule has 0 spiro atoms. The Bertz CT molecular complexity index is 650. The lowest BCUT2D eigenvalue weighted by molar-refractivity contribution is -0.139. The van der Waals surface area contributed by atoms with Gasteiger partial charge in [0.1, 0.15) is 0 Å². The predicted molar refractivity (Wildman–Crippen MR) is 84.3 cm³/mol. The van der Waals surface area contributed by atoms with Crippen molar-refractivity contribution in [3.63, 3.8) is 0 Å². The fourth-order valence-electron chi connectivity index (χ4n) is 2.42. The monoisotopic (exact) mass is 395 g/mol. The molecule has 1 aromatic rings. The number of sulfone groups is 1. The minimum absolute atomic E-state index is 0.0193. The van der Waals surface area contributed by atoms with E-state index in [4.69, 9.17) is 16.7 Å². The van der Waals surface area contributed by atoms with Gasteiger partial charge in [0.25, 0.3) is 0 Å². The molecule has 1 heterocycles. The summed E-state index contributed by atoms with van der Waals surface area (Å²) in [7, 11) is -3.05. The molecule has 1 atom stereocenters. The number of nitrogens with zero attached hydrogens (tertiary/aromatic N) is 1. The van der Waals surface area contributed by atoms with Crippen LogP contribution in [0.15, 0.2) is 22.7 Å². The molecular formula is C13H15BrClNO4S. The lowest BCUT2D eigenvalue weighted by atomic mass is 10.1. The second-order valence-corrected chi connectivity index (χ2v) is 8.61. The molecule has 1 unspecified atom stereocenters. The van der Waals surface area contributed by atoms with E-state index in [1.807, 2.05) is 6.07 Å². The van der Waals surface area contributed by atoms with E-state index < -0.39 is 15.8 Å². The lowest BCUT2D eigenvalue weighted by Gasteiger charge is -2.26. The van der Waals surface area contributed by atoms with Crippen LogP contribution < -0.4 is 0 Å². The van der Waals surface area contributed by atoms with Gasteiger partial charge in [0.05, 0.1) is 18.1 Å². The minimum Gasteiger partial charge on any atom is -0.480 e. The quantitative estimate of drug-likeness (QED) is 0.825. The first-order valence-electron chi connectivity index (χ1n) is 6.37. The molecule has 1 aliphatic heterocycles. The standard InChI is InChI=1S/C13H15BrClNO4S/c14-12-5-10(15)2-1-9(12)6-16(7-13(17)18)11-3-4-21(19,20)8-11/h1-2,5,11H,3-4,6-8H2,(H,17,18). The van der Waals surface area contributed by atoms with Crippen LogP contribution in [0.4, 0.5) is 0 Å². The number of hydrogen-bond donors (Lipinski definition) is 1. The Morgan fingerprint density at radius 2 is 2.19 bits per heavy atom. The van der Waals surface area contributed by atoms with Crippen LogP contribution in [-0.2, 0) is 21.2 Å². The summed E-state index contributed by atoms with van der Waals surface area (Å²) in [5.74, 6) is -0.828. The van der Waals surface area contributed by atoms with E-state index in [1.165, 1.54) is 0 Å². The smallest absolute Gasteiger partial charge is 0.317 e. The van der Waals surface area contributed by atoms with Gasteiger partial charge in [-0.15, -0.1) is 0 Å². The zero-order valence-electron chi connectivity index (χ0n) is 11.1. The largest absolute Gasteiger partial charge is 0.480 e. The van der Waals surface area contributed by atoms with Crippen molar-refractivity contribution in [2.45, 2.75) is 19.0 Å². The number of rotatable bonds is 5. The molecule has 0 amide bonds. The Balaban J connectivity index is 2.18. The first-order chi connectivity index (χ1) is 9.77. The SMILES string of the molecule is O=C(O)CN(Cc1ccc(Cl)cc1Br)C1CCS(=O)(=O)C1. The van der Waals surface area contributed by atoms with Gasteiger partial charge in [0, 0.05) is 22.1 Å². The fraction of sp³-hybridized carbons (Fsp3) is 0.462. The predicted octanol–water partition coefficient (Wildman–Crippen LogP) is 2.18. The summed E-state index contributed by atoms with van der Waals surface area (Å²) in [5.41, 5.74) is 0.880. The highest BCUT2D eigenvalue weighted by atomic mass is 79.9. The maximum atomic E-state index is 11.6. The molecule has 0 radical (unpaired) electrons. The first kappa shape index (κ1) is 16.7. The van der Waals surface area contributed by atoms with Gasteiger partial charge in [-0.2, -0.15) is 0 Å². The minimum atomic E-state index is -3.05. The van der Waals surface area contributed by atoms with E-state index in [9.17, 15) is 13.2 Å². The van der Waals surface area contributed by atoms with Crippen molar-refractivity contribution in [2.75, 3.05) is 18.1 Å². The Morgan fingerprint density at radius 1 is 1.48 bits per heavy atom. The molecule has 21 heavy (non-hydrogen) atoms. The maximum Gasteiger partial charge on any atom is 0.317 e. The summed E-state index contributed by atoms with van der Waals surface area (Å²) >= 11 is 9.28. The second-order valence-electron chi connectivity index (χ2n) is 5.09. The Morgan fingerprint density at radius 3 is 2.71 bits per heavy atom. The number of carboxylic acid groups (broad SMARTS) is 1. The van der Waals surface area contributed by atoms with E-state index >= 15 is 0 Å². The molecule has 1 N–H and O–H groups in total. The molecule has 1 fully saturated rings. The van der Waals surface area contributed by atoms with Crippen LogP contribution in [0.5, 0.6) is 0 Å². The van der Waals surface area contributed by atoms with Gasteiger partial charge in [-0.25, -0.2) is 8.42 Å². The third-order valence-electron chi connectivity index (χ3n) is 3.45. The molecule has 0 bridgehead atoms. The van der Waals surface area contributed by atoms with Gasteiger partial charge in [0.15, 0.2) is 9.84 Å². The molecule has 1 aromatic carbocycles. The van der Waals surface area contributed by atoms with Crippen molar-refractivity contribution >= 4 is 43.3 Å². The van der Waals surface area contributed by atoms with Crippen molar-refractivity contribution in [3.8, 4) is 0 Å². The number of hydrogen-bond acceptors (Lipinski definition) is 4. The topological polar surface area (TPSA) is 74.7 Å². The third-order valence-corrected chi connectivity index (χ3v) is 6.18. The number of aliphatic carboxylic acids is 1. The van der Waals surface area contributed by atoms with Gasteiger partial charge in [-0.05, 0) is 24.1 Å². The molecule has 0 saturated carbocycles. The van der Waals surface area contributed by atoms with Crippen molar-refractivity contribution in [1.29, 1.82) is 0 Å². The highest BCUT2D eigenvalue weighted by Gasteiger charge is 2.33. The molecule has 116 valence electrons. The maximum absolute atomic E-state index is 11.6. The van der Waals surface area contributed by atoms with E-state index in [2.05, 4.69) is 15.9 Å². The normalized spacial score (nSPS) is 20.8. The van der Waals surface area contributed by atoms with Crippen molar-refractivity contribution in [1.82, 2.24) is 4.90 Å². The summed E-state index contributed by atoms with van der Waals surface area (Å²) < 4.78 is 24.0. The zero-order chi connectivity index (χ0) is 15.6. The average molecular weight is 397 g/mol. The molecule has 0 aromatic heterocycles. The first-order valence-corrected chi connectivity index (χ1v) is 9.36. The van der Waals surface area contributed by atoms with Crippen LogP contribution in [0.25, 0.3) is 0 Å². The van der Waals surface area contributed by atoms with Crippen molar-refractivity contribution < 1.29 is 18.3 Å². The van der Waals surface area contributed by atoms with Crippen LogP contribution in [0, 0.1) is 0 Å². The summed E-state index contributed by atoms with van der Waals surface area (Å²) in [6.45, 7) is 0.180. The highest BCUT2D eigenvalue weighted by Crippen LogP contribution is 2.25. The van der Waals surface area contributed by atoms with Crippen molar-refractivity contribution in [3.05, 3.63) is 33.3 Å². The molecule has 2 rings (SSSR count). The van der Waals surface area contributed by atoms with Crippen LogP contribution in [0.3, 0.4) is 0 Å². The van der Waals surface area contributed by atoms with E-state index in [-0.39, 0.29) is 24.1 Å². The summed E-state index contributed by atoms with van der Waals surface area (Å²) in [5, 5.41) is 9.62. The van der Waals surface area contributed by atoms with Crippen molar-refractivity contribution in [2.24, 2.45) is 0 Å². The van der Waals surface area contributed by atoms with E-state index in [1.54, 1.807) is 17.0 Å². The summed E-state index contributed by atoms with van der Waals surface area (Å²) in [4.78, 5) is 12.7. The van der Waals surface area contributed by atoms with Gasteiger partial charge in [-0.1, -0.05) is 33.6 Å². The van der Waals surface area contributed by atoms with E-state index in [0.29, 0.717) is 18.0 Å². The van der Waals surface area contributed by atoms with Crippen LogP contribution in [0.2, 0.25) is 5.02 Å². The fourth-order valence-corrected chi connectivity index (χ4v) is 4.99. The van der Waals surface area contributed by atoms with Gasteiger partial charge < -0.3 is 5.11 Å². The summed E-state index contributed by atoms with van der Waals surface area (Å²) in [6, 6.07) is 5.02. The average Bonchev–Trinajstić information content (AvgIpc) is 2.71. The van der Waals surface area contributed by atoms with Gasteiger partial charge in [0.2, 0.25) is 0 Å². The van der Waals surface area contributed by atoms with Gasteiger partial charge >= 0.3 is 5.97 Å². The molecule has 0 aliphatic carbocycles. The Kier molecular flexibility index (Phi) is 5.29. The molecular weight excluding hydrogens is 382 g/mol. The summed E-state index contributed by atoms with van der Waals surface area (Å²) in [6.07, 6.45) is 0.473. The number of carboxylic acids is 1. The highest BCUT2D eigenvalue weighted by molar-refractivity contribution is 9.10. The number of halogens is 2. The molecule has 1 saturated heterocycles. The molecule has 5 nitrogen and oxygen atoms in total. The molecule has 1 aliphatic rings. The molecule has 8 heteroatoms. The zero-order valence-corrected chi connectivity index (χ0v) is 14.3. The number of benzene rings is 1. The van der Waals surface area contributed by atoms with Crippen LogP contribution >= 0.6 is 27.5 Å². The lowest BCUT2D eigenvalue weighted by Crippen LogP contribution is -2.39. The van der Waals surface area contributed by atoms with E-state index in [0.717, 1.165) is 10.0 Å². The van der Waals surface area contributed by atoms with Gasteiger partial charge in [-0.3, -0.25) is 9.69 Å².